The first-order valence-corrected chi connectivity index (χ1v) is 12.4. The average Bonchev–Trinajstić information content (AvgIpc) is 3.21. The molecule has 0 bridgehead atoms. The predicted octanol–water partition coefficient (Wildman–Crippen LogP) is 3.41. The number of amides is 1. The standard InChI is InChI=1S/C29H29N3O5/c33-27(23-6-8-24(9-7-23)37-20-21-4-2-1-3-5-21)25-26(22-10-12-30-13-11-22)32(29(35)28(25)34)15-14-31-16-18-36-19-17-31/h1-13,26,33H,14-20H2/t26-/m0/s1. The van der Waals surface area contributed by atoms with Crippen LogP contribution in [0.4, 0.5) is 0 Å². The van der Waals surface area contributed by atoms with Gasteiger partial charge in [0.15, 0.2) is 0 Å². The molecule has 0 unspecified atom stereocenters. The van der Waals surface area contributed by atoms with Crippen molar-refractivity contribution < 1.29 is 24.2 Å². The highest BCUT2D eigenvalue weighted by atomic mass is 16.5. The normalized spacial score (nSPS) is 19.8. The van der Waals surface area contributed by atoms with E-state index in [0.717, 1.165) is 24.2 Å². The van der Waals surface area contributed by atoms with Gasteiger partial charge in [-0.3, -0.25) is 19.5 Å². The van der Waals surface area contributed by atoms with Crippen molar-refractivity contribution in [1.82, 2.24) is 14.8 Å². The first-order chi connectivity index (χ1) is 18.1. The monoisotopic (exact) mass is 499 g/mol. The number of ketones is 1. The SMILES string of the molecule is O=C1C(=O)N(CCN2CCOCC2)[C@@H](c2ccncc2)C1=C(O)c1ccc(OCc2ccccc2)cc1. The minimum Gasteiger partial charge on any atom is -0.507 e. The summed E-state index contributed by atoms with van der Waals surface area (Å²) in [4.78, 5) is 34.2. The zero-order valence-electron chi connectivity index (χ0n) is 20.5. The Kier molecular flexibility index (Phi) is 7.58. The Bertz CT molecular complexity index is 1260. The molecule has 3 aromatic rings. The molecule has 8 heteroatoms. The van der Waals surface area contributed by atoms with Crippen molar-refractivity contribution >= 4 is 17.4 Å². The van der Waals surface area contributed by atoms with Crippen molar-refractivity contribution in [2.24, 2.45) is 0 Å². The van der Waals surface area contributed by atoms with Crippen LogP contribution in [-0.2, 0) is 20.9 Å². The number of aliphatic hydroxyl groups excluding tert-OH is 1. The number of aromatic nitrogens is 1. The number of nitrogens with zero attached hydrogens (tertiary/aromatic N) is 3. The Morgan fingerprint density at radius 3 is 2.35 bits per heavy atom. The van der Waals surface area contributed by atoms with E-state index in [9.17, 15) is 14.7 Å². The van der Waals surface area contributed by atoms with Gasteiger partial charge in [0.05, 0.1) is 24.8 Å². The number of aliphatic hydroxyl groups is 1. The molecule has 0 radical (unpaired) electrons. The van der Waals surface area contributed by atoms with Crippen molar-refractivity contribution in [3.63, 3.8) is 0 Å². The van der Waals surface area contributed by atoms with Gasteiger partial charge in [0, 0.05) is 44.1 Å². The summed E-state index contributed by atoms with van der Waals surface area (Å²) in [6, 6.07) is 19.5. The topological polar surface area (TPSA) is 92.2 Å². The van der Waals surface area contributed by atoms with Crippen LogP contribution < -0.4 is 4.74 Å². The summed E-state index contributed by atoms with van der Waals surface area (Å²) >= 11 is 0. The molecule has 0 spiro atoms. The molecule has 1 amide bonds. The molecule has 5 rings (SSSR count). The maximum absolute atomic E-state index is 13.2. The minimum atomic E-state index is -0.696. The van der Waals surface area contributed by atoms with Gasteiger partial charge >= 0.3 is 0 Å². The Labute approximate surface area is 215 Å². The molecular weight excluding hydrogens is 470 g/mol. The maximum atomic E-state index is 13.2. The van der Waals surface area contributed by atoms with Gasteiger partial charge in [0.1, 0.15) is 18.1 Å². The number of ether oxygens (including phenoxy) is 2. The third-order valence-corrected chi connectivity index (χ3v) is 6.70. The van der Waals surface area contributed by atoms with Crippen LogP contribution in [0.1, 0.15) is 22.7 Å². The fraction of sp³-hybridized carbons (Fsp3) is 0.276. The van der Waals surface area contributed by atoms with Gasteiger partial charge in [0.2, 0.25) is 0 Å². The zero-order valence-corrected chi connectivity index (χ0v) is 20.5. The van der Waals surface area contributed by atoms with E-state index in [4.69, 9.17) is 9.47 Å². The molecule has 1 N–H and O–H groups in total. The number of pyridine rings is 1. The molecule has 2 aromatic carbocycles. The van der Waals surface area contributed by atoms with E-state index < -0.39 is 17.7 Å². The number of likely N-dealkylation sites (tertiary alicyclic amines) is 1. The van der Waals surface area contributed by atoms with Crippen molar-refractivity contribution in [1.29, 1.82) is 0 Å². The summed E-state index contributed by atoms with van der Waals surface area (Å²) in [6.45, 7) is 4.26. The minimum absolute atomic E-state index is 0.0798. The quantitative estimate of drug-likeness (QED) is 0.288. The summed E-state index contributed by atoms with van der Waals surface area (Å²) in [7, 11) is 0. The molecule has 3 heterocycles. The second-order valence-corrected chi connectivity index (χ2v) is 9.03. The molecule has 37 heavy (non-hydrogen) atoms. The number of benzene rings is 2. The summed E-state index contributed by atoms with van der Waals surface area (Å²) in [5, 5.41) is 11.3. The van der Waals surface area contributed by atoms with E-state index in [2.05, 4.69) is 9.88 Å². The summed E-state index contributed by atoms with van der Waals surface area (Å²) in [5.41, 5.74) is 2.29. The maximum Gasteiger partial charge on any atom is 0.295 e. The lowest BCUT2D eigenvalue weighted by atomic mass is 9.96. The van der Waals surface area contributed by atoms with E-state index in [-0.39, 0.29) is 11.3 Å². The van der Waals surface area contributed by atoms with Crippen LogP contribution in [-0.4, -0.2) is 71.0 Å². The number of hydrogen-bond acceptors (Lipinski definition) is 7. The van der Waals surface area contributed by atoms with Gasteiger partial charge in [-0.1, -0.05) is 30.3 Å². The van der Waals surface area contributed by atoms with Crippen LogP contribution >= 0.6 is 0 Å². The van der Waals surface area contributed by atoms with Crippen molar-refractivity contribution in [3.8, 4) is 5.75 Å². The van der Waals surface area contributed by atoms with Crippen LogP contribution in [0.2, 0.25) is 0 Å². The summed E-state index contributed by atoms with van der Waals surface area (Å²) < 4.78 is 11.3. The first kappa shape index (κ1) is 24.7. The lowest BCUT2D eigenvalue weighted by Crippen LogP contribution is -2.42. The van der Waals surface area contributed by atoms with Gasteiger partial charge in [-0.25, -0.2) is 0 Å². The van der Waals surface area contributed by atoms with Crippen molar-refractivity contribution in [2.75, 3.05) is 39.4 Å². The van der Waals surface area contributed by atoms with Crippen molar-refractivity contribution in [3.05, 3.63) is 101 Å². The zero-order chi connectivity index (χ0) is 25.6. The molecule has 2 aliphatic rings. The Hall–Kier alpha value is -4.01. The van der Waals surface area contributed by atoms with Crippen LogP contribution in [0, 0.1) is 0 Å². The number of carbonyl (C=O) groups excluding carboxylic acids is 2. The van der Waals surface area contributed by atoms with Gasteiger partial charge in [-0.15, -0.1) is 0 Å². The number of hydrogen-bond donors (Lipinski definition) is 1. The summed E-state index contributed by atoms with van der Waals surface area (Å²) in [6.07, 6.45) is 3.24. The highest BCUT2D eigenvalue weighted by Gasteiger charge is 2.46. The lowest BCUT2D eigenvalue weighted by molar-refractivity contribution is -0.140. The van der Waals surface area contributed by atoms with E-state index in [1.807, 2.05) is 30.3 Å². The molecule has 0 saturated carbocycles. The van der Waals surface area contributed by atoms with Gasteiger partial charge in [0.25, 0.3) is 11.7 Å². The molecule has 1 aromatic heterocycles. The molecule has 2 fully saturated rings. The third kappa shape index (κ3) is 5.55. The Morgan fingerprint density at radius 2 is 1.65 bits per heavy atom. The molecule has 190 valence electrons. The molecule has 8 nitrogen and oxygen atoms in total. The number of morpholine rings is 1. The first-order valence-electron chi connectivity index (χ1n) is 12.4. The van der Waals surface area contributed by atoms with E-state index in [1.165, 1.54) is 0 Å². The second kappa shape index (κ2) is 11.4. The van der Waals surface area contributed by atoms with E-state index >= 15 is 0 Å². The van der Waals surface area contributed by atoms with Crippen molar-refractivity contribution in [2.45, 2.75) is 12.6 Å². The molecule has 2 saturated heterocycles. The largest absolute Gasteiger partial charge is 0.507 e. The van der Waals surface area contributed by atoms with Crippen LogP contribution in [0.25, 0.3) is 5.76 Å². The molecular formula is C29H29N3O5. The fourth-order valence-electron chi connectivity index (χ4n) is 4.68. The number of rotatable bonds is 8. The molecule has 0 aliphatic carbocycles. The third-order valence-electron chi connectivity index (χ3n) is 6.70. The average molecular weight is 500 g/mol. The molecule has 1 atom stereocenters. The van der Waals surface area contributed by atoms with Gasteiger partial charge < -0.3 is 19.5 Å². The fourth-order valence-corrected chi connectivity index (χ4v) is 4.68. The van der Waals surface area contributed by atoms with E-state index in [0.29, 0.717) is 44.2 Å². The van der Waals surface area contributed by atoms with Crippen LogP contribution in [0.5, 0.6) is 5.75 Å². The number of carbonyl (C=O) groups is 2. The Morgan fingerprint density at radius 1 is 0.946 bits per heavy atom. The summed E-state index contributed by atoms with van der Waals surface area (Å²) in [5.74, 6) is -0.870. The van der Waals surface area contributed by atoms with Gasteiger partial charge in [-0.05, 0) is 47.5 Å². The predicted molar refractivity (Wildman–Crippen MR) is 138 cm³/mol. The van der Waals surface area contributed by atoms with Crippen LogP contribution in [0.15, 0.2) is 84.7 Å². The molecule has 2 aliphatic heterocycles. The highest BCUT2D eigenvalue weighted by molar-refractivity contribution is 6.46. The number of Topliss-reactive ketones (excluding diaryl/α,β-unsaturated/α-hetero) is 1. The lowest BCUT2D eigenvalue weighted by Gasteiger charge is -2.30. The van der Waals surface area contributed by atoms with Crippen LogP contribution in [0.3, 0.4) is 0 Å². The highest BCUT2D eigenvalue weighted by Crippen LogP contribution is 2.39. The Balaban J connectivity index is 1.40. The second-order valence-electron chi connectivity index (χ2n) is 9.03. The van der Waals surface area contributed by atoms with E-state index in [1.54, 1.807) is 53.7 Å². The van der Waals surface area contributed by atoms with Gasteiger partial charge in [-0.2, -0.15) is 0 Å². The smallest absolute Gasteiger partial charge is 0.295 e.